The average Bonchev–Trinajstić information content (AvgIpc) is 3.46. The quantitative estimate of drug-likeness (QED) is 0.240. The standard InChI is InChI=1S/C29H19BrF3N3O5S2/c30-15-8-10-17(11-9-15)36-26(38)22-21(23-25(35-28(40)43-23)42-24(22)27(36)39)18-6-1-2-7-19(18)41-13-20(37)34-16-5-3-4-14(12-16)29(31,32)33/h1-12,21-22,24H,13H2,(H,34,37)(H,35,40)/t21-,22-,24+/m0/s1. The number of nitrogens with one attached hydrogen (secondary N) is 2. The Morgan fingerprint density at radius 1 is 1.00 bits per heavy atom. The van der Waals surface area contributed by atoms with Crippen LogP contribution in [-0.4, -0.2) is 34.6 Å². The van der Waals surface area contributed by atoms with E-state index in [2.05, 4.69) is 26.2 Å². The SMILES string of the molecule is O=C(COc1ccccc1[C@@H]1c2sc(=O)[nH]c2S[C@H]2C(=O)N(c3ccc(Br)cc3)C(=O)[C@@H]12)Nc1cccc(C(F)(F)F)c1. The molecular formula is C29H19BrF3N3O5S2. The summed E-state index contributed by atoms with van der Waals surface area (Å²) >= 11 is 5.43. The van der Waals surface area contributed by atoms with E-state index in [1.807, 2.05) is 0 Å². The first kappa shape index (κ1) is 29.2. The topological polar surface area (TPSA) is 109 Å². The number of thioether (sulfide) groups is 1. The Hall–Kier alpha value is -3.88. The maximum absolute atomic E-state index is 13.9. The fourth-order valence-corrected chi connectivity index (χ4v) is 7.95. The van der Waals surface area contributed by atoms with Crippen molar-refractivity contribution in [1.29, 1.82) is 0 Å². The fourth-order valence-electron chi connectivity index (χ4n) is 5.18. The molecule has 220 valence electrons. The summed E-state index contributed by atoms with van der Waals surface area (Å²) in [6, 6.07) is 17.7. The Labute approximate surface area is 258 Å². The molecule has 14 heteroatoms. The number of fused-ring (bicyclic) bond motifs is 2. The normalized spacial score (nSPS) is 19.6. The van der Waals surface area contributed by atoms with E-state index in [0.717, 1.165) is 44.6 Å². The van der Waals surface area contributed by atoms with Crippen LogP contribution in [0.15, 0.2) is 87.1 Å². The molecule has 1 aromatic heterocycles. The van der Waals surface area contributed by atoms with Crippen molar-refractivity contribution in [2.45, 2.75) is 22.4 Å². The van der Waals surface area contributed by atoms with Gasteiger partial charge in [0.2, 0.25) is 11.8 Å². The maximum atomic E-state index is 13.9. The molecule has 1 saturated heterocycles. The molecule has 3 aromatic carbocycles. The van der Waals surface area contributed by atoms with Crippen LogP contribution in [-0.2, 0) is 20.6 Å². The number of anilines is 2. The zero-order chi connectivity index (χ0) is 30.5. The number of para-hydroxylation sites is 1. The summed E-state index contributed by atoms with van der Waals surface area (Å²) in [6.45, 7) is -0.545. The van der Waals surface area contributed by atoms with Gasteiger partial charge in [-0.15, -0.1) is 0 Å². The molecule has 0 unspecified atom stereocenters. The summed E-state index contributed by atoms with van der Waals surface area (Å²) in [4.78, 5) is 56.8. The number of rotatable bonds is 6. The zero-order valence-corrected chi connectivity index (χ0v) is 24.9. The van der Waals surface area contributed by atoms with Crippen molar-refractivity contribution in [1.82, 2.24) is 4.98 Å². The second kappa shape index (κ2) is 11.3. The number of halogens is 4. The minimum absolute atomic E-state index is 0.0475. The smallest absolute Gasteiger partial charge is 0.416 e. The van der Waals surface area contributed by atoms with E-state index in [9.17, 15) is 32.3 Å². The van der Waals surface area contributed by atoms with Crippen LogP contribution in [0.25, 0.3) is 0 Å². The van der Waals surface area contributed by atoms with Gasteiger partial charge in [0, 0.05) is 26.5 Å². The Morgan fingerprint density at radius 3 is 2.49 bits per heavy atom. The molecule has 3 heterocycles. The number of benzene rings is 3. The van der Waals surface area contributed by atoms with Gasteiger partial charge in [0.05, 0.1) is 22.2 Å². The van der Waals surface area contributed by atoms with Crippen LogP contribution < -0.4 is 19.8 Å². The molecule has 4 aromatic rings. The predicted molar refractivity (Wildman–Crippen MR) is 159 cm³/mol. The number of ether oxygens (including phenoxy) is 1. The molecule has 2 aliphatic heterocycles. The van der Waals surface area contributed by atoms with Crippen LogP contribution in [0.3, 0.4) is 0 Å². The number of aromatic amines is 1. The summed E-state index contributed by atoms with van der Waals surface area (Å²) in [6.07, 6.45) is -4.57. The van der Waals surface area contributed by atoms with E-state index in [0.29, 0.717) is 21.2 Å². The number of nitrogens with zero attached hydrogens (tertiary/aromatic N) is 1. The van der Waals surface area contributed by atoms with Gasteiger partial charge in [-0.2, -0.15) is 13.2 Å². The molecule has 0 bridgehead atoms. The summed E-state index contributed by atoms with van der Waals surface area (Å²) in [5, 5.41) is 2.06. The molecule has 1 fully saturated rings. The zero-order valence-electron chi connectivity index (χ0n) is 21.7. The van der Waals surface area contributed by atoms with Crippen LogP contribution in [0.4, 0.5) is 24.5 Å². The van der Waals surface area contributed by atoms with E-state index in [-0.39, 0.29) is 16.3 Å². The number of carbonyl (C=O) groups is 3. The largest absolute Gasteiger partial charge is 0.483 e. The van der Waals surface area contributed by atoms with Crippen molar-refractivity contribution in [3.05, 3.63) is 103 Å². The summed E-state index contributed by atoms with van der Waals surface area (Å²) in [5.41, 5.74) is -0.0520. The monoisotopic (exact) mass is 689 g/mol. The number of imide groups is 1. The van der Waals surface area contributed by atoms with Crippen molar-refractivity contribution in [2.75, 3.05) is 16.8 Å². The Morgan fingerprint density at radius 2 is 1.74 bits per heavy atom. The number of thiazole rings is 1. The third-order valence-electron chi connectivity index (χ3n) is 7.00. The van der Waals surface area contributed by atoms with Crippen LogP contribution >= 0.6 is 39.0 Å². The number of hydrogen-bond donors (Lipinski definition) is 2. The lowest BCUT2D eigenvalue weighted by Crippen LogP contribution is -2.32. The summed E-state index contributed by atoms with van der Waals surface area (Å²) in [7, 11) is 0. The number of amides is 3. The van der Waals surface area contributed by atoms with Gasteiger partial charge < -0.3 is 15.0 Å². The van der Waals surface area contributed by atoms with E-state index in [1.165, 1.54) is 12.1 Å². The number of alkyl halides is 3. The fraction of sp³-hybridized carbons (Fsp3) is 0.172. The van der Waals surface area contributed by atoms with Gasteiger partial charge in [-0.3, -0.25) is 19.2 Å². The van der Waals surface area contributed by atoms with Crippen molar-refractivity contribution in [3.8, 4) is 5.75 Å². The lowest BCUT2D eigenvalue weighted by Gasteiger charge is -2.30. The number of hydrogen-bond acceptors (Lipinski definition) is 7. The Balaban J connectivity index is 1.30. The molecule has 0 spiro atoms. The van der Waals surface area contributed by atoms with Gasteiger partial charge in [0.25, 0.3) is 5.91 Å². The van der Waals surface area contributed by atoms with Gasteiger partial charge in [0.15, 0.2) is 6.61 Å². The minimum atomic E-state index is -4.57. The van der Waals surface area contributed by atoms with Gasteiger partial charge >= 0.3 is 11.0 Å². The first-order valence-electron chi connectivity index (χ1n) is 12.7. The van der Waals surface area contributed by atoms with Gasteiger partial charge in [0.1, 0.15) is 11.0 Å². The van der Waals surface area contributed by atoms with E-state index >= 15 is 0 Å². The highest BCUT2D eigenvalue weighted by Crippen LogP contribution is 2.54. The lowest BCUT2D eigenvalue weighted by atomic mass is 9.82. The Kier molecular flexibility index (Phi) is 7.69. The van der Waals surface area contributed by atoms with E-state index < -0.39 is 53.2 Å². The maximum Gasteiger partial charge on any atom is 0.416 e. The lowest BCUT2D eigenvalue weighted by molar-refractivity contribution is -0.137. The van der Waals surface area contributed by atoms with Crippen LogP contribution in [0.1, 0.15) is 21.9 Å². The molecule has 3 atom stereocenters. The Bertz CT molecular complexity index is 1810. The van der Waals surface area contributed by atoms with Crippen molar-refractivity contribution in [3.63, 3.8) is 0 Å². The number of aromatic nitrogens is 1. The molecule has 6 rings (SSSR count). The van der Waals surface area contributed by atoms with Crippen LogP contribution in [0.5, 0.6) is 5.75 Å². The summed E-state index contributed by atoms with van der Waals surface area (Å²) in [5.74, 6) is -2.94. The molecule has 0 aliphatic carbocycles. The summed E-state index contributed by atoms with van der Waals surface area (Å²) < 4.78 is 45.8. The molecular weight excluding hydrogens is 671 g/mol. The van der Waals surface area contributed by atoms with Gasteiger partial charge in [-0.1, -0.05) is 63.3 Å². The average molecular weight is 691 g/mol. The number of H-pyrrole nitrogens is 1. The van der Waals surface area contributed by atoms with E-state index in [1.54, 1.807) is 48.5 Å². The molecule has 2 aliphatic rings. The second-order valence-electron chi connectivity index (χ2n) is 9.69. The highest BCUT2D eigenvalue weighted by Gasteiger charge is 2.56. The molecule has 3 amide bonds. The predicted octanol–water partition coefficient (Wildman–Crippen LogP) is 6.03. The molecule has 2 N–H and O–H groups in total. The molecule has 8 nitrogen and oxygen atoms in total. The van der Waals surface area contributed by atoms with Crippen molar-refractivity contribution >= 4 is 68.1 Å². The second-order valence-corrected chi connectivity index (χ2v) is 12.8. The van der Waals surface area contributed by atoms with Gasteiger partial charge in [-0.05, 0) is 48.5 Å². The third-order valence-corrected chi connectivity index (χ3v) is 9.93. The highest BCUT2D eigenvalue weighted by atomic mass is 79.9. The van der Waals surface area contributed by atoms with Crippen molar-refractivity contribution in [2.24, 2.45) is 5.92 Å². The number of carbonyl (C=O) groups excluding carboxylic acids is 3. The van der Waals surface area contributed by atoms with Gasteiger partial charge in [-0.25, -0.2) is 4.90 Å². The third kappa shape index (κ3) is 5.61. The first-order chi connectivity index (χ1) is 20.5. The van der Waals surface area contributed by atoms with Crippen molar-refractivity contribution < 1.29 is 32.3 Å². The van der Waals surface area contributed by atoms with Crippen LogP contribution in [0, 0.1) is 5.92 Å². The minimum Gasteiger partial charge on any atom is -0.483 e. The molecule has 0 saturated carbocycles. The van der Waals surface area contributed by atoms with E-state index in [4.69, 9.17) is 4.74 Å². The molecule has 43 heavy (non-hydrogen) atoms. The first-order valence-corrected chi connectivity index (χ1v) is 15.2. The highest BCUT2D eigenvalue weighted by molar-refractivity contribution is 9.10. The molecule has 0 radical (unpaired) electrons. The van der Waals surface area contributed by atoms with Crippen LogP contribution in [0.2, 0.25) is 0 Å².